The zero-order valence-corrected chi connectivity index (χ0v) is 19.5. The Bertz CT molecular complexity index is 528. The maximum atomic E-state index is 5.39. The molecule has 2 fully saturated rings. The minimum atomic E-state index is 0. The van der Waals surface area contributed by atoms with E-state index in [0.717, 1.165) is 64.7 Å². The fourth-order valence-corrected chi connectivity index (χ4v) is 4.36. The monoisotopic (exact) mass is 507 g/mol. The molecule has 2 saturated heterocycles. The Morgan fingerprint density at radius 3 is 2.67 bits per heavy atom. The van der Waals surface area contributed by atoms with Gasteiger partial charge in [-0.1, -0.05) is 0 Å². The molecule has 0 radical (unpaired) electrons. The number of nitrogens with zero attached hydrogens (tertiary/aromatic N) is 3. The average Bonchev–Trinajstić information content (AvgIpc) is 3.23. The number of hydrogen-bond donors (Lipinski definition) is 2. The number of aliphatic imine (C=N–C) groups is 1. The Hall–Kier alpha value is -0.580. The van der Waals surface area contributed by atoms with Gasteiger partial charge in [-0.25, -0.2) is 0 Å². The van der Waals surface area contributed by atoms with Crippen LogP contribution >= 0.6 is 35.3 Å². The van der Waals surface area contributed by atoms with Crippen LogP contribution in [0.15, 0.2) is 22.5 Å². The van der Waals surface area contributed by atoms with E-state index < -0.39 is 0 Å². The summed E-state index contributed by atoms with van der Waals surface area (Å²) in [7, 11) is 1.86. The molecule has 27 heavy (non-hydrogen) atoms. The fraction of sp³-hybridized carbons (Fsp3) is 0.737. The molecule has 8 heteroatoms. The van der Waals surface area contributed by atoms with Gasteiger partial charge in [-0.05, 0) is 49.7 Å². The SMILES string of the molecule is CN=C(NCCCCN1CCOCC1)NC1CCN(c2cccs2)CC1.I. The van der Waals surface area contributed by atoms with Crippen LogP contribution in [0.1, 0.15) is 25.7 Å². The maximum absolute atomic E-state index is 5.39. The highest BCUT2D eigenvalue weighted by Gasteiger charge is 2.20. The second-order valence-corrected chi connectivity index (χ2v) is 7.94. The van der Waals surface area contributed by atoms with Gasteiger partial charge in [0.2, 0.25) is 0 Å². The minimum Gasteiger partial charge on any atom is -0.379 e. The molecule has 1 aromatic heterocycles. The van der Waals surface area contributed by atoms with Crippen LogP contribution < -0.4 is 15.5 Å². The summed E-state index contributed by atoms with van der Waals surface area (Å²) in [6.45, 7) is 8.35. The van der Waals surface area contributed by atoms with Gasteiger partial charge >= 0.3 is 0 Å². The lowest BCUT2D eigenvalue weighted by Gasteiger charge is -2.33. The van der Waals surface area contributed by atoms with Gasteiger partial charge in [-0.2, -0.15) is 0 Å². The van der Waals surface area contributed by atoms with Crippen molar-refractivity contribution in [3.8, 4) is 0 Å². The third-order valence-electron chi connectivity index (χ3n) is 5.17. The van der Waals surface area contributed by atoms with E-state index in [0.29, 0.717) is 6.04 Å². The van der Waals surface area contributed by atoms with Crippen LogP contribution in [0.2, 0.25) is 0 Å². The van der Waals surface area contributed by atoms with Crippen molar-refractivity contribution in [2.45, 2.75) is 31.7 Å². The Labute approximate surface area is 184 Å². The molecular formula is C19H34IN5OS. The van der Waals surface area contributed by atoms with E-state index in [-0.39, 0.29) is 24.0 Å². The molecule has 0 saturated carbocycles. The van der Waals surface area contributed by atoms with Crippen LogP contribution in [0, 0.1) is 0 Å². The lowest BCUT2D eigenvalue weighted by atomic mass is 10.1. The van der Waals surface area contributed by atoms with Gasteiger partial charge < -0.3 is 20.3 Å². The van der Waals surface area contributed by atoms with Gasteiger partial charge in [0.05, 0.1) is 18.2 Å². The summed E-state index contributed by atoms with van der Waals surface area (Å²) in [5.41, 5.74) is 0. The third kappa shape index (κ3) is 7.75. The number of piperidine rings is 1. The number of guanidine groups is 1. The van der Waals surface area contributed by atoms with Crippen LogP contribution in [-0.2, 0) is 4.74 Å². The molecule has 0 aromatic carbocycles. The van der Waals surface area contributed by atoms with Crippen molar-refractivity contribution in [2.75, 3.05) is 64.4 Å². The molecule has 0 aliphatic carbocycles. The molecule has 3 heterocycles. The van der Waals surface area contributed by atoms with Gasteiger partial charge in [-0.15, -0.1) is 35.3 Å². The van der Waals surface area contributed by atoms with E-state index in [1.165, 1.54) is 24.4 Å². The number of anilines is 1. The van der Waals surface area contributed by atoms with E-state index in [4.69, 9.17) is 4.74 Å². The zero-order valence-electron chi connectivity index (χ0n) is 16.4. The molecule has 0 amide bonds. The summed E-state index contributed by atoms with van der Waals surface area (Å²) in [5.74, 6) is 0.950. The number of hydrogen-bond acceptors (Lipinski definition) is 5. The molecule has 154 valence electrons. The quantitative estimate of drug-likeness (QED) is 0.257. The summed E-state index contributed by atoms with van der Waals surface area (Å²) < 4.78 is 5.39. The van der Waals surface area contributed by atoms with Crippen LogP contribution in [-0.4, -0.2) is 76.4 Å². The number of halogens is 1. The molecule has 2 aliphatic rings. The number of thiophene rings is 1. The molecule has 1 aromatic rings. The van der Waals surface area contributed by atoms with Gasteiger partial charge in [0, 0.05) is 45.8 Å². The molecule has 0 atom stereocenters. The number of nitrogens with one attached hydrogen (secondary N) is 2. The first-order valence-electron chi connectivity index (χ1n) is 9.91. The maximum Gasteiger partial charge on any atom is 0.191 e. The van der Waals surface area contributed by atoms with Crippen molar-refractivity contribution in [1.29, 1.82) is 0 Å². The van der Waals surface area contributed by atoms with Gasteiger partial charge in [0.25, 0.3) is 0 Å². The summed E-state index contributed by atoms with van der Waals surface area (Å²) >= 11 is 1.83. The smallest absolute Gasteiger partial charge is 0.191 e. The first-order chi connectivity index (χ1) is 12.8. The van der Waals surface area contributed by atoms with Gasteiger partial charge in [0.15, 0.2) is 5.96 Å². The summed E-state index contributed by atoms with van der Waals surface area (Å²) in [5, 5.41) is 10.6. The normalized spacial score (nSPS) is 19.6. The van der Waals surface area contributed by atoms with E-state index >= 15 is 0 Å². The number of morpholine rings is 1. The second-order valence-electron chi connectivity index (χ2n) is 7.02. The highest BCUT2D eigenvalue weighted by molar-refractivity contribution is 14.0. The predicted molar refractivity (Wildman–Crippen MR) is 126 cm³/mol. The molecule has 2 aliphatic heterocycles. The lowest BCUT2D eigenvalue weighted by Crippen LogP contribution is -2.48. The van der Waals surface area contributed by atoms with Gasteiger partial charge in [-0.3, -0.25) is 9.89 Å². The molecule has 0 spiro atoms. The van der Waals surface area contributed by atoms with Crippen molar-refractivity contribution < 1.29 is 4.74 Å². The molecule has 3 rings (SSSR count). The average molecular weight is 507 g/mol. The summed E-state index contributed by atoms with van der Waals surface area (Å²) in [4.78, 5) is 9.38. The minimum absolute atomic E-state index is 0. The molecule has 6 nitrogen and oxygen atoms in total. The van der Waals surface area contributed by atoms with Crippen LogP contribution in [0.3, 0.4) is 0 Å². The highest BCUT2D eigenvalue weighted by Crippen LogP contribution is 2.24. The molecule has 2 N–H and O–H groups in total. The predicted octanol–water partition coefficient (Wildman–Crippen LogP) is 2.61. The van der Waals surface area contributed by atoms with Crippen molar-refractivity contribution >= 4 is 46.3 Å². The van der Waals surface area contributed by atoms with E-state index in [1.54, 1.807) is 0 Å². The fourth-order valence-electron chi connectivity index (χ4n) is 3.57. The van der Waals surface area contributed by atoms with Crippen LogP contribution in [0.4, 0.5) is 5.00 Å². The Morgan fingerprint density at radius 2 is 2.00 bits per heavy atom. The number of rotatable bonds is 7. The first-order valence-corrected chi connectivity index (χ1v) is 10.8. The van der Waals surface area contributed by atoms with E-state index in [9.17, 15) is 0 Å². The Kier molecular flexibility index (Phi) is 10.8. The van der Waals surface area contributed by atoms with Crippen LogP contribution in [0.5, 0.6) is 0 Å². The first kappa shape index (κ1) is 22.7. The largest absolute Gasteiger partial charge is 0.379 e. The highest BCUT2D eigenvalue weighted by atomic mass is 127. The van der Waals surface area contributed by atoms with Crippen LogP contribution in [0.25, 0.3) is 0 Å². The van der Waals surface area contributed by atoms with Crippen molar-refractivity contribution in [3.05, 3.63) is 17.5 Å². The Balaban J connectivity index is 0.00000261. The third-order valence-corrected chi connectivity index (χ3v) is 6.10. The van der Waals surface area contributed by atoms with Crippen molar-refractivity contribution in [2.24, 2.45) is 4.99 Å². The number of unbranched alkanes of at least 4 members (excludes halogenated alkanes) is 1. The second kappa shape index (κ2) is 12.8. The van der Waals surface area contributed by atoms with E-state index in [1.807, 2.05) is 18.4 Å². The standard InChI is InChI=1S/C19H33N5OS.HI/c1-20-19(21-8-2-3-9-23-12-14-25-15-13-23)22-17-6-10-24(11-7-17)18-5-4-16-26-18;/h4-5,16-17H,2-3,6-15H2,1H3,(H2,20,21,22);1H. The number of ether oxygens (including phenoxy) is 1. The topological polar surface area (TPSA) is 52.1 Å². The molecular weight excluding hydrogens is 473 g/mol. The summed E-state index contributed by atoms with van der Waals surface area (Å²) in [6, 6.07) is 4.87. The van der Waals surface area contributed by atoms with Crippen molar-refractivity contribution in [1.82, 2.24) is 15.5 Å². The van der Waals surface area contributed by atoms with Gasteiger partial charge in [0.1, 0.15) is 0 Å². The summed E-state index contributed by atoms with van der Waals surface area (Å²) in [6.07, 6.45) is 4.73. The van der Waals surface area contributed by atoms with Crippen molar-refractivity contribution in [3.63, 3.8) is 0 Å². The lowest BCUT2D eigenvalue weighted by molar-refractivity contribution is 0.0372. The van der Waals surface area contributed by atoms with E-state index in [2.05, 4.69) is 42.9 Å². The molecule has 0 unspecified atom stereocenters. The Morgan fingerprint density at radius 1 is 1.22 bits per heavy atom. The zero-order chi connectivity index (χ0) is 18.0. The molecule has 0 bridgehead atoms.